The number of allylic oxidation sites excluding steroid dienone is 2. The second-order valence-electron chi connectivity index (χ2n) is 4.63. The van der Waals surface area contributed by atoms with Crippen molar-refractivity contribution >= 4 is 13.3 Å². The summed E-state index contributed by atoms with van der Waals surface area (Å²) in [5.74, 6) is 0. The van der Waals surface area contributed by atoms with Gasteiger partial charge in [0, 0.05) is 0 Å². The molecule has 1 heteroatoms. The lowest BCUT2D eigenvalue weighted by Crippen LogP contribution is -2.45. The molecule has 0 bridgehead atoms. The second-order valence-corrected chi connectivity index (χ2v) is 9.39. The van der Waals surface area contributed by atoms with E-state index in [1.807, 2.05) is 0 Å². The molecule has 0 spiro atoms. The molecule has 0 nitrogen and oxygen atoms in total. The standard InChI is InChI=1S/C14H22Si/c1-5-10-13(6-2)15(3,4)14-11-8-7-9-12-14/h5,7-13H,6H2,1-4H3/b10-5+/t13-/m1/s1. The number of rotatable bonds is 4. The molecule has 1 aromatic rings. The molecule has 0 aromatic heterocycles. The molecule has 0 aliphatic rings. The molecule has 0 radical (unpaired) electrons. The molecule has 0 saturated heterocycles. The van der Waals surface area contributed by atoms with Gasteiger partial charge in [0.05, 0.1) is 8.07 Å². The van der Waals surface area contributed by atoms with Crippen LogP contribution in [0.5, 0.6) is 0 Å². The Morgan fingerprint density at radius 3 is 2.27 bits per heavy atom. The summed E-state index contributed by atoms with van der Waals surface area (Å²) in [6.07, 6.45) is 5.84. The van der Waals surface area contributed by atoms with Crippen molar-refractivity contribution in [3.63, 3.8) is 0 Å². The van der Waals surface area contributed by atoms with Crippen molar-refractivity contribution in [2.45, 2.75) is 38.9 Å². The Labute approximate surface area is 95.0 Å². The summed E-state index contributed by atoms with van der Waals surface area (Å²) in [4.78, 5) is 0. The van der Waals surface area contributed by atoms with E-state index < -0.39 is 8.07 Å². The van der Waals surface area contributed by atoms with Crippen molar-refractivity contribution in [2.24, 2.45) is 0 Å². The van der Waals surface area contributed by atoms with E-state index in [0.29, 0.717) is 0 Å². The van der Waals surface area contributed by atoms with Crippen molar-refractivity contribution in [1.29, 1.82) is 0 Å². The Morgan fingerprint density at radius 1 is 1.20 bits per heavy atom. The van der Waals surface area contributed by atoms with Gasteiger partial charge in [0.15, 0.2) is 0 Å². The van der Waals surface area contributed by atoms with Crippen LogP contribution in [0, 0.1) is 0 Å². The van der Waals surface area contributed by atoms with Gasteiger partial charge in [-0.05, 0) is 12.5 Å². The predicted molar refractivity (Wildman–Crippen MR) is 72.4 cm³/mol. The zero-order valence-electron chi connectivity index (χ0n) is 10.3. The maximum absolute atomic E-state index is 2.47. The summed E-state index contributed by atoms with van der Waals surface area (Å²) in [6, 6.07) is 11.0. The minimum Gasteiger partial charge on any atom is -0.0917 e. The van der Waals surface area contributed by atoms with Crippen LogP contribution in [-0.2, 0) is 0 Å². The van der Waals surface area contributed by atoms with Crippen LogP contribution < -0.4 is 5.19 Å². The minimum absolute atomic E-state index is 0.755. The van der Waals surface area contributed by atoms with Crippen LogP contribution >= 0.6 is 0 Å². The zero-order valence-corrected chi connectivity index (χ0v) is 11.3. The largest absolute Gasteiger partial charge is 0.0917 e. The fraction of sp³-hybridized carbons (Fsp3) is 0.429. The van der Waals surface area contributed by atoms with Gasteiger partial charge in [-0.15, -0.1) is 0 Å². The Hall–Kier alpha value is -0.823. The molecule has 15 heavy (non-hydrogen) atoms. The van der Waals surface area contributed by atoms with Gasteiger partial charge >= 0.3 is 0 Å². The quantitative estimate of drug-likeness (QED) is 0.530. The maximum Gasteiger partial charge on any atom is 0.0873 e. The van der Waals surface area contributed by atoms with Crippen LogP contribution in [0.2, 0.25) is 18.6 Å². The van der Waals surface area contributed by atoms with Gasteiger partial charge in [-0.3, -0.25) is 0 Å². The summed E-state index contributed by atoms with van der Waals surface area (Å²) < 4.78 is 0. The third kappa shape index (κ3) is 2.82. The smallest absolute Gasteiger partial charge is 0.0873 e. The second kappa shape index (κ2) is 5.31. The number of benzene rings is 1. The molecule has 82 valence electrons. The van der Waals surface area contributed by atoms with Crippen molar-refractivity contribution in [3.8, 4) is 0 Å². The van der Waals surface area contributed by atoms with Crippen molar-refractivity contribution in [3.05, 3.63) is 42.5 Å². The molecule has 1 atom stereocenters. The number of hydrogen-bond donors (Lipinski definition) is 0. The summed E-state index contributed by atoms with van der Waals surface area (Å²) >= 11 is 0. The van der Waals surface area contributed by atoms with Crippen molar-refractivity contribution < 1.29 is 0 Å². The van der Waals surface area contributed by atoms with Gasteiger partial charge in [0.25, 0.3) is 0 Å². The van der Waals surface area contributed by atoms with E-state index in [1.165, 1.54) is 6.42 Å². The minimum atomic E-state index is -1.32. The summed E-state index contributed by atoms with van der Waals surface area (Å²) in [7, 11) is -1.32. The van der Waals surface area contributed by atoms with Gasteiger partial charge in [0.2, 0.25) is 0 Å². The molecule has 0 aliphatic heterocycles. The zero-order chi connectivity index (χ0) is 11.3. The Balaban J connectivity index is 3.00. The molecule has 0 fully saturated rings. The SMILES string of the molecule is C/C=C/[C@@H](CC)[Si](C)(C)c1ccccc1. The lowest BCUT2D eigenvalue weighted by atomic mass is 10.3. The van der Waals surface area contributed by atoms with Crippen molar-refractivity contribution in [2.75, 3.05) is 0 Å². The molecule has 0 aliphatic carbocycles. The molecule has 1 aromatic carbocycles. The van der Waals surface area contributed by atoms with Gasteiger partial charge in [-0.1, -0.05) is 74.1 Å². The Bertz CT molecular complexity index is 311. The lowest BCUT2D eigenvalue weighted by Gasteiger charge is -2.30. The molecule has 0 amide bonds. The summed E-state index contributed by atoms with van der Waals surface area (Å²) in [5, 5.41) is 1.56. The van der Waals surface area contributed by atoms with Gasteiger partial charge < -0.3 is 0 Å². The van der Waals surface area contributed by atoms with Crippen LogP contribution in [0.3, 0.4) is 0 Å². The molecule has 0 N–H and O–H groups in total. The fourth-order valence-corrected chi connectivity index (χ4v) is 5.37. The fourth-order valence-electron chi connectivity index (χ4n) is 2.20. The van der Waals surface area contributed by atoms with Crippen molar-refractivity contribution in [1.82, 2.24) is 0 Å². The first-order chi connectivity index (χ1) is 7.12. The highest BCUT2D eigenvalue weighted by Crippen LogP contribution is 2.26. The van der Waals surface area contributed by atoms with Gasteiger partial charge in [-0.2, -0.15) is 0 Å². The molecule has 1 rings (SSSR count). The van der Waals surface area contributed by atoms with E-state index in [4.69, 9.17) is 0 Å². The average Bonchev–Trinajstić information content (AvgIpc) is 2.27. The average molecular weight is 218 g/mol. The highest BCUT2D eigenvalue weighted by atomic mass is 28.3. The highest BCUT2D eigenvalue weighted by Gasteiger charge is 2.30. The third-order valence-electron chi connectivity index (χ3n) is 3.31. The predicted octanol–water partition coefficient (Wildman–Crippen LogP) is 3.96. The van der Waals surface area contributed by atoms with Gasteiger partial charge in [-0.25, -0.2) is 0 Å². The Kier molecular flexibility index (Phi) is 4.34. The monoisotopic (exact) mass is 218 g/mol. The van der Waals surface area contributed by atoms with Crippen LogP contribution in [0.25, 0.3) is 0 Å². The van der Waals surface area contributed by atoms with Crippen LogP contribution in [-0.4, -0.2) is 8.07 Å². The first-order valence-electron chi connectivity index (χ1n) is 5.81. The van der Waals surface area contributed by atoms with E-state index in [2.05, 4.69) is 69.4 Å². The van der Waals surface area contributed by atoms with Crippen LogP contribution in [0.4, 0.5) is 0 Å². The third-order valence-corrected chi connectivity index (χ3v) is 7.59. The normalized spacial score (nSPS) is 14.4. The summed E-state index contributed by atoms with van der Waals surface area (Å²) in [6.45, 7) is 9.35. The molecule has 0 saturated carbocycles. The van der Waals surface area contributed by atoms with E-state index in [9.17, 15) is 0 Å². The van der Waals surface area contributed by atoms with E-state index in [1.54, 1.807) is 5.19 Å². The van der Waals surface area contributed by atoms with E-state index in [-0.39, 0.29) is 0 Å². The first-order valence-corrected chi connectivity index (χ1v) is 8.89. The maximum atomic E-state index is 2.47. The molecular formula is C14H22Si. The van der Waals surface area contributed by atoms with Gasteiger partial charge in [0.1, 0.15) is 0 Å². The Morgan fingerprint density at radius 2 is 1.80 bits per heavy atom. The molecule has 0 heterocycles. The van der Waals surface area contributed by atoms with Crippen LogP contribution in [0.1, 0.15) is 20.3 Å². The molecule has 0 unspecified atom stereocenters. The van der Waals surface area contributed by atoms with E-state index >= 15 is 0 Å². The highest BCUT2D eigenvalue weighted by molar-refractivity contribution is 6.91. The topological polar surface area (TPSA) is 0 Å². The van der Waals surface area contributed by atoms with Crippen LogP contribution in [0.15, 0.2) is 42.5 Å². The lowest BCUT2D eigenvalue weighted by molar-refractivity contribution is 0.918. The number of hydrogen-bond acceptors (Lipinski definition) is 0. The summed E-state index contributed by atoms with van der Waals surface area (Å²) in [5.41, 5.74) is 0.755. The molecular weight excluding hydrogens is 196 g/mol. The van der Waals surface area contributed by atoms with E-state index in [0.717, 1.165) is 5.54 Å². The first kappa shape index (κ1) is 12.2.